The topological polar surface area (TPSA) is 82.7 Å². The van der Waals surface area contributed by atoms with Gasteiger partial charge in [-0.15, -0.1) is 5.10 Å². The fourth-order valence-electron chi connectivity index (χ4n) is 1.56. The van der Waals surface area contributed by atoms with Crippen LogP contribution in [0.2, 0.25) is 0 Å². The van der Waals surface area contributed by atoms with E-state index in [1.165, 1.54) is 11.8 Å². The van der Waals surface area contributed by atoms with Crippen LogP contribution in [0.4, 0.5) is 10.6 Å². The molecule has 3 N–H and O–H groups in total. The zero-order valence-corrected chi connectivity index (χ0v) is 9.89. The van der Waals surface area contributed by atoms with Gasteiger partial charge in [0, 0.05) is 6.54 Å². The molecule has 2 aromatic rings. The molecule has 0 saturated heterocycles. The summed E-state index contributed by atoms with van der Waals surface area (Å²) in [7, 11) is 0. The summed E-state index contributed by atoms with van der Waals surface area (Å²) in [5, 5.41) is 15.1. The number of nitrogens with one attached hydrogen (secondary N) is 3. The summed E-state index contributed by atoms with van der Waals surface area (Å²) >= 11 is 0. The number of urea groups is 1. The molecular weight excluding hydrogens is 230 g/mol. The van der Waals surface area contributed by atoms with E-state index in [-0.39, 0.29) is 6.03 Å². The van der Waals surface area contributed by atoms with Gasteiger partial charge in [0.1, 0.15) is 0 Å². The number of amides is 2. The monoisotopic (exact) mass is 245 g/mol. The number of hydrogen-bond acceptors (Lipinski definition) is 3. The lowest BCUT2D eigenvalue weighted by atomic mass is 10.1. The summed E-state index contributed by atoms with van der Waals surface area (Å²) in [5.41, 5.74) is 1.27. The maximum absolute atomic E-state index is 11.4. The van der Waals surface area contributed by atoms with Gasteiger partial charge in [0.05, 0.1) is 6.20 Å². The van der Waals surface area contributed by atoms with Gasteiger partial charge in [-0.1, -0.05) is 30.3 Å². The zero-order valence-electron chi connectivity index (χ0n) is 9.89. The molecule has 0 aliphatic carbocycles. The van der Waals surface area contributed by atoms with E-state index in [2.05, 4.69) is 38.2 Å². The molecule has 0 aliphatic rings. The Morgan fingerprint density at radius 3 is 2.83 bits per heavy atom. The Morgan fingerprint density at radius 2 is 2.11 bits per heavy atom. The van der Waals surface area contributed by atoms with Gasteiger partial charge in [0.2, 0.25) is 0 Å². The highest BCUT2D eigenvalue weighted by Crippen LogP contribution is 2.01. The summed E-state index contributed by atoms with van der Waals surface area (Å²) < 4.78 is 0. The number of aryl methyl sites for hydroxylation is 1. The molecule has 1 aromatic carbocycles. The molecule has 2 rings (SSSR count). The number of aromatic amines is 1. The number of hydrogen-bond donors (Lipinski definition) is 3. The Bertz CT molecular complexity index is 468. The SMILES string of the molecule is O=C(NCCCc1ccccc1)Nc1cn[nH]n1. The van der Waals surface area contributed by atoms with Gasteiger partial charge >= 0.3 is 6.03 Å². The van der Waals surface area contributed by atoms with Crippen LogP contribution in [0.15, 0.2) is 36.5 Å². The molecule has 0 fully saturated rings. The largest absolute Gasteiger partial charge is 0.338 e. The lowest BCUT2D eigenvalue weighted by Crippen LogP contribution is -2.29. The average Bonchev–Trinajstić information content (AvgIpc) is 2.89. The molecule has 0 aliphatic heterocycles. The van der Waals surface area contributed by atoms with Gasteiger partial charge in [0.25, 0.3) is 0 Å². The molecule has 1 heterocycles. The zero-order chi connectivity index (χ0) is 12.6. The van der Waals surface area contributed by atoms with Crippen molar-refractivity contribution < 1.29 is 4.79 Å². The van der Waals surface area contributed by atoms with E-state index in [1.54, 1.807) is 0 Å². The van der Waals surface area contributed by atoms with Crippen LogP contribution in [0, 0.1) is 0 Å². The number of benzene rings is 1. The maximum atomic E-state index is 11.4. The summed E-state index contributed by atoms with van der Waals surface area (Å²) in [6.45, 7) is 0.624. The molecule has 0 unspecified atom stereocenters. The van der Waals surface area contributed by atoms with Crippen molar-refractivity contribution in [2.45, 2.75) is 12.8 Å². The minimum atomic E-state index is -0.267. The first kappa shape index (κ1) is 12.1. The number of H-pyrrole nitrogens is 1. The first-order valence-corrected chi connectivity index (χ1v) is 5.79. The van der Waals surface area contributed by atoms with Gasteiger partial charge < -0.3 is 5.32 Å². The Hall–Kier alpha value is -2.37. The summed E-state index contributed by atoms with van der Waals surface area (Å²) in [5.74, 6) is 0.413. The molecule has 94 valence electrons. The van der Waals surface area contributed by atoms with E-state index in [0.29, 0.717) is 12.4 Å². The maximum Gasteiger partial charge on any atom is 0.320 e. The fraction of sp³-hybridized carbons (Fsp3) is 0.250. The predicted octanol–water partition coefficient (Wildman–Crippen LogP) is 1.56. The number of carbonyl (C=O) groups excluding carboxylic acids is 1. The van der Waals surface area contributed by atoms with E-state index >= 15 is 0 Å². The summed E-state index contributed by atoms with van der Waals surface area (Å²) in [4.78, 5) is 11.4. The third kappa shape index (κ3) is 3.89. The third-order valence-corrected chi connectivity index (χ3v) is 2.43. The van der Waals surface area contributed by atoms with Gasteiger partial charge in [-0.2, -0.15) is 10.3 Å². The van der Waals surface area contributed by atoms with E-state index in [1.807, 2.05) is 18.2 Å². The van der Waals surface area contributed by atoms with Gasteiger partial charge in [-0.25, -0.2) is 4.79 Å². The highest BCUT2D eigenvalue weighted by molar-refractivity contribution is 5.87. The normalized spacial score (nSPS) is 10.0. The molecule has 0 radical (unpaired) electrons. The van der Waals surface area contributed by atoms with Crippen molar-refractivity contribution in [2.75, 3.05) is 11.9 Å². The van der Waals surface area contributed by atoms with Crippen LogP contribution in [-0.4, -0.2) is 28.0 Å². The van der Waals surface area contributed by atoms with Crippen molar-refractivity contribution in [1.82, 2.24) is 20.7 Å². The molecule has 18 heavy (non-hydrogen) atoms. The average molecular weight is 245 g/mol. The Labute approximate surface area is 105 Å². The van der Waals surface area contributed by atoms with Gasteiger partial charge in [0.15, 0.2) is 5.82 Å². The number of aromatic nitrogens is 3. The van der Waals surface area contributed by atoms with Crippen molar-refractivity contribution in [3.63, 3.8) is 0 Å². The smallest absolute Gasteiger partial charge is 0.320 e. The lowest BCUT2D eigenvalue weighted by molar-refractivity contribution is 0.252. The molecule has 0 spiro atoms. The molecule has 0 atom stereocenters. The second-order valence-corrected chi connectivity index (χ2v) is 3.83. The molecule has 1 aromatic heterocycles. The second kappa shape index (κ2) is 6.39. The van der Waals surface area contributed by atoms with Crippen molar-refractivity contribution in [1.29, 1.82) is 0 Å². The molecule has 0 bridgehead atoms. The van der Waals surface area contributed by atoms with Crippen LogP contribution in [-0.2, 0) is 6.42 Å². The van der Waals surface area contributed by atoms with Crippen molar-refractivity contribution in [3.8, 4) is 0 Å². The van der Waals surface area contributed by atoms with Crippen LogP contribution in [0.5, 0.6) is 0 Å². The summed E-state index contributed by atoms with van der Waals surface area (Å²) in [6.07, 6.45) is 3.30. The van der Waals surface area contributed by atoms with E-state index in [4.69, 9.17) is 0 Å². The first-order chi connectivity index (χ1) is 8.84. The Morgan fingerprint density at radius 1 is 1.28 bits per heavy atom. The molecule has 6 nitrogen and oxygen atoms in total. The summed E-state index contributed by atoms with van der Waals surface area (Å²) in [6, 6.07) is 9.91. The van der Waals surface area contributed by atoms with E-state index < -0.39 is 0 Å². The highest BCUT2D eigenvalue weighted by Gasteiger charge is 2.02. The van der Waals surface area contributed by atoms with Crippen molar-refractivity contribution in [2.24, 2.45) is 0 Å². The van der Waals surface area contributed by atoms with Crippen LogP contribution < -0.4 is 10.6 Å². The standard InChI is InChI=1S/C12H15N5O/c18-12(15-11-9-14-17-16-11)13-8-4-7-10-5-2-1-3-6-10/h1-3,5-6,9H,4,7-8H2,(H3,13,14,15,16,17,18). The number of nitrogens with zero attached hydrogens (tertiary/aromatic N) is 2. The fourth-order valence-corrected chi connectivity index (χ4v) is 1.56. The van der Waals surface area contributed by atoms with E-state index in [0.717, 1.165) is 12.8 Å². The Balaban J connectivity index is 1.62. The molecule has 6 heteroatoms. The second-order valence-electron chi connectivity index (χ2n) is 3.83. The van der Waals surface area contributed by atoms with Crippen LogP contribution in [0.25, 0.3) is 0 Å². The van der Waals surface area contributed by atoms with Crippen LogP contribution in [0.1, 0.15) is 12.0 Å². The molecular formula is C12H15N5O. The third-order valence-electron chi connectivity index (χ3n) is 2.43. The number of anilines is 1. The molecule has 0 saturated carbocycles. The number of carbonyl (C=O) groups is 1. The first-order valence-electron chi connectivity index (χ1n) is 5.79. The number of rotatable bonds is 5. The lowest BCUT2D eigenvalue weighted by Gasteiger charge is -2.05. The Kier molecular flexibility index (Phi) is 4.29. The van der Waals surface area contributed by atoms with Gasteiger partial charge in [-0.05, 0) is 18.4 Å². The van der Waals surface area contributed by atoms with Crippen LogP contribution >= 0.6 is 0 Å². The minimum Gasteiger partial charge on any atom is -0.338 e. The van der Waals surface area contributed by atoms with Crippen molar-refractivity contribution >= 4 is 11.8 Å². The highest BCUT2D eigenvalue weighted by atomic mass is 16.2. The van der Waals surface area contributed by atoms with Crippen molar-refractivity contribution in [3.05, 3.63) is 42.1 Å². The quantitative estimate of drug-likeness (QED) is 0.699. The molecule has 2 amide bonds. The predicted molar refractivity (Wildman–Crippen MR) is 68.2 cm³/mol. The van der Waals surface area contributed by atoms with E-state index in [9.17, 15) is 4.79 Å². The minimum absolute atomic E-state index is 0.267. The van der Waals surface area contributed by atoms with Gasteiger partial charge in [-0.3, -0.25) is 5.32 Å². The van der Waals surface area contributed by atoms with Crippen LogP contribution in [0.3, 0.4) is 0 Å².